The van der Waals surface area contributed by atoms with Crippen molar-refractivity contribution >= 4 is 39.9 Å². The van der Waals surface area contributed by atoms with Crippen molar-refractivity contribution in [2.75, 3.05) is 43.4 Å². The van der Waals surface area contributed by atoms with Gasteiger partial charge in [-0.15, -0.1) is 0 Å². The molecule has 1 N–H and O–H groups in total. The molecule has 2 aromatic carbocycles. The number of nitrogens with zero attached hydrogens (tertiary/aromatic N) is 2. The topological polar surface area (TPSA) is 48.7 Å². The number of benzene rings is 2. The standard InChI is InChI=1S/C22H24ClN3O2/c1-14-13-16(7-8-19(14)26-11-9-25(3)10-12-26)24-22(27)20-15(2)17-5-4-6-18(23)21(17)28-20/h4-8,13H,9-12H2,1-3H3,(H,24,27). The molecule has 1 aromatic heterocycles. The predicted molar refractivity (Wildman–Crippen MR) is 115 cm³/mol. The minimum absolute atomic E-state index is 0.267. The maximum atomic E-state index is 12.8. The molecule has 1 fully saturated rings. The van der Waals surface area contributed by atoms with Gasteiger partial charge in [-0.2, -0.15) is 0 Å². The molecular formula is C22H24ClN3O2. The van der Waals surface area contributed by atoms with E-state index in [-0.39, 0.29) is 5.91 Å². The number of furan rings is 1. The highest BCUT2D eigenvalue weighted by Crippen LogP contribution is 2.31. The van der Waals surface area contributed by atoms with E-state index in [2.05, 4.69) is 35.2 Å². The van der Waals surface area contributed by atoms with Crippen molar-refractivity contribution in [2.45, 2.75) is 13.8 Å². The van der Waals surface area contributed by atoms with Gasteiger partial charge in [0.1, 0.15) is 0 Å². The molecule has 0 radical (unpaired) electrons. The normalized spacial score (nSPS) is 15.2. The van der Waals surface area contributed by atoms with E-state index in [1.807, 2.05) is 31.2 Å². The highest BCUT2D eigenvalue weighted by molar-refractivity contribution is 6.35. The Labute approximate surface area is 169 Å². The first-order chi connectivity index (χ1) is 13.4. The van der Waals surface area contributed by atoms with E-state index in [1.165, 1.54) is 5.69 Å². The Bertz CT molecular complexity index is 1040. The molecule has 0 aliphatic carbocycles. The van der Waals surface area contributed by atoms with Crippen LogP contribution in [0.3, 0.4) is 0 Å². The van der Waals surface area contributed by atoms with Crippen LogP contribution in [0.2, 0.25) is 5.02 Å². The van der Waals surface area contributed by atoms with Crippen molar-refractivity contribution in [3.8, 4) is 0 Å². The lowest BCUT2D eigenvalue weighted by Crippen LogP contribution is -2.44. The largest absolute Gasteiger partial charge is 0.449 e. The van der Waals surface area contributed by atoms with Gasteiger partial charge in [0.2, 0.25) is 0 Å². The van der Waals surface area contributed by atoms with E-state index >= 15 is 0 Å². The van der Waals surface area contributed by atoms with Crippen molar-refractivity contribution in [3.05, 3.63) is 58.3 Å². The smallest absolute Gasteiger partial charge is 0.291 e. The Morgan fingerprint density at radius 2 is 1.86 bits per heavy atom. The summed E-state index contributed by atoms with van der Waals surface area (Å²) in [5, 5.41) is 4.32. The van der Waals surface area contributed by atoms with Gasteiger partial charge < -0.3 is 19.5 Å². The first-order valence-corrected chi connectivity index (χ1v) is 9.85. The number of para-hydroxylation sites is 1. The number of hydrogen-bond donors (Lipinski definition) is 1. The minimum Gasteiger partial charge on any atom is -0.449 e. The maximum absolute atomic E-state index is 12.8. The van der Waals surface area contributed by atoms with Crippen molar-refractivity contribution in [2.24, 2.45) is 0 Å². The molecule has 1 amide bonds. The molecule has 146 valence electrons. The van der Waals surface area contributed by atoms with Crippen LogP contribution < -0.4 is 10.2 Å². The number of fused-ring (bicyclic) bond motifs is 1. The lowest BCUT2D eigenvalue weighted by molar-refractivity contribution is 0.0998. The van der Waals surface area contributed by atoms with Crippen molar-refractivity contribution in [1.29, 1.82) is 0 Å². The lowest BCUT2D eigenvalue weighted by Gasteiger charge is -2.35. The summed E-state index contributed by atoms with van der Waals surface area (Å²) in [5.74, 6) is 0.0282. The summed E-state index contributed by atoms with van der Waals surface area (Å²) in [6.07, 6.45) is 0. The van der Waals surface area contributed by atoms with Gasteiger partial charge in [-0.05, 0) is 50.7 Å². The maximum Gasteiger partial charge on any atom is 0.291 e. The number of carbonyl (C=O) groups is 1. The highest BCUT2D eigenvalue weighted by Gasteiger charge is 2.20. The van der Waals surface area contributed by atoms with Crippen LogP contribution in [-0.4, -0.2) is 44.0 Å². The van der Waals surface area contributed by atoms with E-state index in [1.54, 1.807) is 6.07 Å². The van der Waals surface area contributed by atoms with Crippen LogP contribution in [0.4, 0.5) is 11.4 Å². The fraction of sp³-hybridized carbons (Fsp3) is 0.318. The molecule has 4 rings (SSSR count). The number of likely N-dealkylation sites (N-methyl/N-ethyl adjacent to an activating group) is 1. The van der Waals surface area contributed by atoms with E-state index < -0.39 is 0 Å². The lowest BCUT2D eigenvalue weighted by atomic mass is 10.1. The molecule has 0 spiro atoms. The number of hydrogen-bond acceptors (Lipinski definition) is 4. The average molecular weight is 398 g/mol. The van der Waals surface area contributed by atoms with Crippen LogP contribution in [-0.2, 0) is 0 Å². The zero-order chi connectivity index (χ0) is 19.8. The molecule has 6 heteroatoms. The van der Waals surface area contributed by atoms with Crippen LogP contribution in [0.25, 0.3) is 11.0 Å². The summed E-state index contributed by atoms with van der Waals surface area (Å²) < 4.78 is 5.77. The SMILES string of the molecule is Cc1cc(NC(=O)c2oc3c(Cl)cccc3c2C)ccc1N1CCN(C)CC1. The number of nitrogens with one attached hydrogen (secondary N) is 1. The molecule has 2 heterocycles. The molecule has 0 saturated carbocycles. The zero-order valence-electron chi connectivity index (χ0n) is 16.4. The summed E-state index contributed by atoms with van der Waals surface area (Å²) >= 11 is 6.20. The first-order valence-electron chi connectivity index (χ1n) is 9.47. The molecule has 1 aliphatic rings. The number of piperazine rings is 1. The van der Waals surface area contributed by atoms with E-state index in [4.69, 9.17) is 16.0 Å². The summed E-state index contributed by atoms with van der Waals surface area (Å²) in [7, 11) is 2.15. The van der Waals surface area contributed by atoms with Gasteiger partial charge in [0.15, 0.2) is 11.3 Å². The first kappa shape index (κ1) is 18.8. The Hall–Kier alpha value is -2.50. The van der Waals surface area contributed by atoms with Gasteiger partial charge in [0.25, 0.3) is 5.91 Å². The third kappa shape index (κ3) is 3.48. The van der Waals surface area contributed by atoms with E-state index in [9.17, 15) is 4.79 Å². The summed E-state index contributed by atoms with van der Waals surface area (Å²) in [4.78, 5) is 17.5. The second-order valence-electron chi connectivity index (χ2n) is 7.42. The monoisotopic (exact) mass is 397 g/mol. The van der Waals surface area contributed by atoms with Gasteiger partial charge in [-0.1, -0.05) is 23.7 Å². The number of aryl methyl sites for hydroxylation is 2. The molecule has 1 aliphatic heterocycles. The zero-order valence-corrected chi connectivity index (χ0v) is 17.1. The van der Waals surface area contributed by atoms with Crippen LogP contribution in [0.1, 0.15) is 21.7 Å². The van der Waals surface area contributed by atoms with Crippen LogP contribution >= 0.6 is 11.6 Å². The van der Waals surface area contributed by atoms with Gasteiger partial charge in [-0.25, -0.2) is 0 Å². The highest BCUT2D eigenvalue weighted by atomic mass is 35.5. The van der Waals surface area contributed by atoms with Gasteiger partial charge in [0, 0.05) is 48.5 Å². The molecule has 0 atom stereocenters. The Morgan fingerprint density at radius 1 is 1.11 bits per heavy atom. The van der Waals surface area contributed by atoms with E-state index in [0.29, 0.717) is 16.4 Å². The Morgan fingerprint density at radius 3 is 2.54 bits per heavy atom. The van der Waals surface area contributed by atoms with Crippen molar-refractivity contribution < 1.29 is 9.21 Å². The van der Waals surface area contributed by atoms with Crippen molar-refractivity contribution in [3.63, 3.8) is 0 Å². The Kier molecular flexibility index (Phi) is 5.04. The molecular weight excluding hydrogens is 374 g/mol. The Balaban J connectivity index is 1.55. The number of amides is 1. The molecule has 0 unspecified atom stereocenters. The van der Waals surface area contributed by atoms with Crippen LogP contribution in [0.5, 0.6) is 0 Å². The van der Waals surface area contributed by atoms with Gasteiger partial charge in [-0.3, -0.25) is 4.79 Å². The van der Waals surface area contributed by atoms with Gasteiger partial charge in [0.05, 0.1) is 5.02 Å². The third-order valence-electron chi connectivity index (χ3n) is 5.42. The summed E-state index contributed by atoms with van der Waals surface area (Å²) in [6, 6.07) is 11.6. The molecule has 1 saturated heterocycles. The fourth-order valence-electron chi connectivity index (χ4n) is 3.75. The molecule has 5 nitrogen and oxygen atoms in total. The second-order valence-corrected chi connectivity index (χ2v) is 7.83. The molecule has 28 heavy (non-hydrogen) atoms. The molecule has 0 bridgehead atoms. The number of anilines is 2. The number of halogens is 1. The predicted octanol–water partition coefficient (Wildman–Crippen LogP) is 4.71. The third-order valence-corrected chi connectivity index (χ3v) is 5.72. The minimum atomic E-state index is -0.267. The van der Waals surface area contributed by atoms with Crippen LogP contribution in [0.15, 0.2) is 40.8 Å². The van der Waals surface area contributed by atoms with Crippen molar-refractivity contribution in [1.82, 2.24) is 4.90 Å². The van der Waals surface area contributed by atoms with E-state index in [0.717, 1.165) is 48.4 Å². The average Bonchev–Trinajstić information content (AvgIpc) is 3.01. The van der Waals surface area contributed by atoms with Gasteiger partial charge >= 0.3 is 0 Å². The summed E-state index contributed by atoms with van der Waals surface area (Å²) in [5.41, 5.74) is 4.46. The summed E-state index contributed by atoms with van der Waals surface area (Å²) in [6.45, 7) is 8.11. The van der Waals surface area contributed by atoms with Crippen LogP contribution in [0, 0.1) is 13.8 Å². The molecule has 3 aromatic rings. The fourth-order valence-corrected chi connectivity index (χ4v) is 3.96. The quantitative estimate of drug-likeness (QED) is 0.695. The number of carbonyl (C=O) groups excluding carboxylic acids is 1. The second kappa shape index (κ2) is 7.49. The number of rotatable bonds is 3.